The van der Waals surface area contributed by atoms with Crippen LogP contribution in [0, 0.1) is 20.8 Å². The molecule has 38 heavy (non-hydrogen) atoms. The summed E-state index contributed by atoms with van der Waals surface area (Å²) in [6.45, 7) is 7.49. The van der Waals surface area contributed by atoms with Crippen LogP contribution in [-0.2, 0) is 11.3 Å². The van der Waals surface area contributed by atoms with E-state index >= 15 is 0 Å². The average molecular weight is 517 g/mol. The molecule has 200 valence electrons. The van der Waals surface area contributed by atoms with Crippen molar-refractivity contribution in [1.29, 1.82) is 0 Å². The molecule has 6 rings (SSSR count). The molecule has 3 aromatic carbocycles. The van der Waals surface area contributed by atoms with Gasteiger partial charge in [0.15, 0.2) is 6.29 Å². The van der Waals surface area contributed by atoms with Gasteiger partial charge in [0.05, 0.1) is 6.61 Å². The van der Waals surface area contributed by atoms with Crippen LogP contribution in [-0.4, -0.2) is 41.4 Å². The molecule has 2 fully saturated rings. The van der Waals surface area contributed by atoms with Crippen molar-refractivity contribution < 1.29 is 29.2 Å². The van der Waals surface area contributed by atoms with Gasteiger partial charge in [-0.15, -0.1) is 0 Å². The van der Waals surface area contributed by atoms with E-state index < -0.39 is 6.29 Å². The summed E-state index contributed by atoms with van der Waals surface area (Å²) in [5.74, 6) is 2.80. The lowest BCUT2D eigenvalue weighted by atomic mass is 9.89. The Labute approximate surface area is 224 Å². The Kier molecular flexibility index (Phi) is 6.58. The molecule has 0 aromatic heterocycles. The lowest BCUT2D eigenvalue weighted by Crippen LogP contribution is -2.22. The molecule has 3 aliphatic rings. The quantitative estimate of drug-likeness (QED) is 0.264. The van der Waals surface area contributed by atoms with Gasteiger partial charge in [0.25, 0.3) is 0 Å². The molecule has 0 radical (unpaired) electrons. The molecule has 6 heteroatoms. The molecule has 2 heterocycles. The van der Waals surface area contributed by atoms with Crippen LogP contribution < -0.4 is 14.2 Å². The Hall–Kier alpha value is -3.06. The fraction of sp³-hybridized carbons (Fsp3) is 0.438. The molecule has 1 aliphatic carbocycles. The number of epoxide rings is 1. The van der Waals surface area contributed by atoms with E-state index in [1.165, 1.54) is 22.3 Å². The summed E-state index contributed by atoms with van der Waals surface area (Å²) in [5, 5.41) is 18.7. The van der Waals surface area contributed by atoms with E-state index in [4.69, 9.17) is 24.1 Å². The number of rotatable bonds is 10. The lowest BCUT2D eigenvalue weighted by Gasteiger charge is -2.18. The maximum atomic E-state index is 9.65. The van der Waals surface area contributed by atoms with Gasteiger partial charge in [0, 0.05) is 30.6 Å². The van der Waals surface area contributed by atoms with E-state index in [9.17, 15) is 5.11 Å². The van der Waals surface area contributed by atoms with Gasteiger partial charge in [-0.2, -0.15) is 0 Å². The van der Waals surface area contributed by atoms with Crippen LogP contribution in [0.5, 0.6) is 17.2 Å². The summed E-state index contributed by atoms with van der Waals surface area (Å²) in [5.41, 5.74) is 8.16. The number of benzene rings is 3. The summed E-state index contributed by atoms with van der Waals surface area (Å²) in [7, 11) is 0. The highest BCUT2D eigenvalue weighted by molar-refractivity contribution is 5.75. The number of hydrogen-bond donors (Lipinski definition) is 2. The molecular formula is C32H36O6. The first-order valence-electron chi connectivity index (χ1n) is 13.6. The zero-order valence-corrected chi connectivity index (χ0v) is 22.3. The fourth-order valence-electron chi connectivity index (χ4n) is 5.97. The highest BCUT2D eigenvalue weighted by Gasteiger charge is 2.59. The normalized spacial score (nSPS) is 22.2. The molecule has 1 saturated heterocycles. The van der Waals surface area contributed by atoms with Crippen LogP contribution in [0.1, 0.15) is 59.4 Å². The summed E-state index contributed by atoms with van der Waals surface area (Å²) < 4.78 is 23.8. The van der Waals surface area contributed by atoms with E-state index in [0.717, 1.165) is 53.2 Å². The minimum absolute atomic E-state index is 0.0690. The molecule has 3 atom stereocenters. The van der Waals surface area contributed by atoms with Crippen molar-refractivity contribution in [2.45, 2.75) is 77.0 Å². The SMILES string of the molecule is Cc1cc(OCCCO)cc(C)c1-c1cccc(COc2ccc3c(c2)OC2(CC2)C3CC2OC2O)c1C. The molecular weight excluding hydrogens is 480 g/mol. The minimum atomic E-state index is -0.618. The molecule has 0 bridgehead atoms. The van der Waals surface area contributed by atoms with Crippen LogP contribution in [0.25, 0.3) is 11.1 Å². The second-order valence-corrected chi connectivity index (χ2v) is 11.0. The summed E-state index contributed by atoms with van der Waals surface area (Å²) >= 11 is 0. The fourth-order valence-corrected chi connectivity index (χ4v) is 5.97. The molecule has 1 spiro atoms. The van der Waals surface area contributed by atoms with Crippen LogP contribution in [0.15, 0.2) is 48.5 Å². The van der Waals surface area contributed by atoms with Crippen molar-refractivity contribution in [3.63, 3.8) is 0 Å². The van der Waals surface area contributed by atoms with Gasteiger partial charge in [-0.3, -0.25) is 0 Å². The smallest absolute Gasteiger partial charge is 0.181 e. The lowest BCUT2D eigenvalue weighted by molar-refractivity contribution is 0.154. The van der Waals surface area contributed by atoms with E-state index in [0.29, 0.717) is 19.6 Å². The topological polar surface area (TPSA) is 80.7 Å². The largest absolute Gasteiger partial charge is 0.493 e. The van der Waals surface area contributed by atoms with Gasteiger partial charge in [0.2, 0.25) is 0 Å². The van der Waals surface area contributed by atoms with Crippen molar-refractivity contribution >= 4 is 0 Å². The average Bonchev–Trinajstić information content (AvgIpc) is 3.78. The number of ether oxygens (including phenoxy) is 4. The van der Waals surface area contributed by atoms with Crippen molar-refractivity contribution in [3.05, 3.63) is 76.3 Å². The van der Waals surface area contributed by atoms with E-state index in [1.54, 1.807) is 0 Å². The van der Waals surface area contributed by atoms with Crippen molar-refractivity contribution in [2.75, 3.05) is 13.2 Å². The molecule has 1 saturated carbocycles. The first-order valence-corrected chi connectivity index (χ1v) is 13.6. The van der Waals surface area contributed by atoms with Crippen LogP contribution >= 0.6 is 0 Å². The predicted octanol–water partition coefficient (Wildman–Crippen LogP) is 5.73. The van der Waals surface area contributed by atoms with Gasteiger partial charge < -0.3 is 29.2 Å². The van der Waals surface area contributed by atoms with Crippen LogP contribution in [0.3, 0.4) is 0 Å². The van der Waals surface area contributed by atoms with E-state index in [2.05, 4.69) is 57.2 Å². The number of aryl methyl sites for hydroxylation is 2. The third-order valence-corrected chi connectivity index (χ3v) is 8.26. The van der Waals surface area contributed by atoms with Gasteiger partial charge in [-0.05, 0) is 91.6 Å². The second kappa shape index (κ2) is 9.92. The Morgan fingerprint density at radius 1 is 0.974 bits per heavy atom. The predicted molar refractivity (Wildman–Crippen MR) is 145 cm³/mol. The highest BCUT2D eigenvalue weighted by atomic mass is 16.7. The highest BCUT2D eigenvalue weighted by Crippen LogP contribution is 2.60. The van der Waals surface area contributed by atoms with Crippen molar-refractivity contribution in [1.82, 2.24) is 0 Å². The molecule has 2 aliphatic heterocycles. The van der Waals surface area contributed by atoms with E-state index in [1.807, 2.05) is 12.1 Å². The Morgan fingerprint density at radius 3 is 2.42 bits per heavy atom. The van der Waals surface area contributed by atoms with Gasteiger partial charge in [-0.25, -0.2) is 0 Å². The number of aliphatic hydroxyl groups is 2. The molecule has 6 nitrogen and oxygen atoms in total. The van der Waals surface area contributed by atoms with Crippen molar-refractivity contribution in [2.24, 2.45) is 0 Å². The first kappa shape index (κ1) is 25.2. The summed E-state index contributed by atoms with van der Waals surface area (Å²) in [6, 6.07) is 16.7. The monoisotopic (exact) mass is 516 g/mol. The number of fused-ring (bicyclic) bond motifs is 1. The third-order valence-electron chi connectivity index (χ3n) is 8.26. The van der Waals surface area contributed by atoms with Gasteiger partial charge in [-0.1, -0.05) is 24.3 Å². The van der Waals surface area contributed by atoms with E-state index in [-0.39, 0.29) is 24.2 Å². The Balaban J connectivity index is 1.18. The van der Waals surface area contributed by atoms with Crippen LogP contribution in [0.2, 0.25) is 0 Å². The molecule has 0 amide bonds. The Bertz CT molecular complexity index is 1320. The second-order valence-electron chi connectivity index (χ2n) is 11.0. The van der Waals surface area contributed by atoms with Gasteiger partial charge >= 0.3 is 0 Å². The number of hydrogen-bond acceptors (Lipinski definition) is 6. The van der Waals surface area contributed by atoms with Crippen molar-refractivity contribution in [3.8, 4) is 28.4 Å². The minimum Gasteiger partial charge on any atom is -0.493 e. The number of aliphatic hydroxyl groups excluding tert-OH is 2. The van der Waals surface area contributed by atoms with Crippen LogP contribution in [0.4, 0.5) is 0 Å². The molecule has 3 aromatic rings. The zero-order valence-electron chi connectivity index (χ0n) is 22.3. The van der Waals surface area contributed by atoms with Gasteiger partial charge in [0.1, 0.15) is 35.6 Å². The molecule has 2 N–H and O–H groups in total. The standard InChI is InChI=1S/C32H36O6/c1-19-14-24(35-13-5-12-33)15-20(2)30(19)25-7-4-6-22(21(25)3)18-36-23-8-9-26-27(17-29-31(34)37-29)32(10-11-32)38-28(26)16-23/h4,6-9,14-16,27,29,31,33-34H,5,10-13,17-18H2,1-3H3. The summed E-state index contributed by atoms with van der Waals surface area (Å²) in [4.78, 5) is 0. The Morgan fingerprint density at radius 2 is 1.74 bits per heavy atom. The maximum absolute atomic E-state index is 9.65. The summed E-state index contributed by atoms with van der Waals surface area (Å²) in [6.07, 6.45) is 2.83. The molecule has 3 unspecified atom stereocenters. The first-order chi connectivity index (χ1) is 18.4. The zero-order chi connectivity index (χ0) is 26.4. The third kappa shape index (κ3) is 4.77. The maximum Gasteiger partial charge on any atom is 0.181 e.